The zero-order chi connectivity index (χ0) is 13.3. The fourth-order valence-corrected chi connectivity index (χ4v) is 2.48. The predicted molar refractivity (Wildman–Crippen MR) is 75.9 cm³/mol. The van der Waals surface area contributed by atoms with E-state index in [1.165, 1.54) is 25.0 Å². The third-order valence-corrected chi connectivity index (χ3v) is 3.97. The van der Waals surface area contributed by atoms with E-state index in [1.807, 2.05) is 0 Å². The Labute approximate surface area is 113 Å². The quantitative estimate of drug-likeness (QED) is 0.831. The Morgan fingerprint density at radius 2 is 2.22 bits per heavy atom. The number of hydrogen-bond acceptors (Lipinski definition) is 2. The van der Waals surface area contributed by atoms with Crippen LogP contribution in [0.15, 0.2) is 18.2 Å². The second-order valence-corrected chi connectivity index (χ2v) is 5.60. The molecule has 1 fully saturated rings. The minimum atomic E-state index is -0.238. The Balaban J connectivity index is 2.16. The summed E-state index contributed by atoms with van der Waals surface area (Å²) in [5.74, 6) is 0.550. The van der Waals surface area contributed by atoms with Crippen molar-refractivity contribution in [2.24, 2.45) is 11.7 Å². The molecule has 98 valence electrons. The highest BCUT2D eigenvalue weighted by Gasteiger charge is 2.30. The zero-order valence-corrected chi connectivity index (χ0v) is 11.6. The third-order valence-electron chi connectivity index (χ3n) is 3.75. The maximum absolute atomic E-state index is 13.3. The van der Waals surface area contributed by atoms with Gasteiger partial charge < -0.3 is 5.73 Å². The lowest BCUT2D eigenvalue weighted by Crippen LogP contribution is -2.31. The van der Waals surface area contributed by atoms with Gasteiger partial charge >= 0.3 is 0 Å². The average molecular weight is 266 g/mol. The molecule has 1 aliphatic rings. The van der Waals surface area contributed by atoms with Crippen molar-refractivity contribution in [2.75, 3.05) is 7.05 Å². The predicted octanol–water partition coefficient (Wildman–Crippen LogP) is 2.69. The van der Waals surface area contributed by atoms with E-state index >= 15 is 0 Å². The molecule has 0 heterocycles. The molecule has 0 saturated heterocycles. The van der Waals surface area contributed by atoms with Gasteiger partial charge in [0.1, 0.15) is 10.8 Å². The normalized spacial score (nSPS) is 16.9. The van der Waals surface area contributed by atoms with Gasteiger partial charge in [0.15, 0.2) is 0 Å². The van der Waals surface area contributed by atoms with Crippen molar-refractivity contribution in [1.82, 2.24) is 4.90 Å². The minimum absolute atomic E-state index is 0.238. The van der Waals surface area contributed by atoms with Gasteiger partial charge in [-0.25, -0.2) is 4.39 Å². The van der Waals surface area contributed by atoms with Crippen LogP contribution in [0.4, 0.5) is 4.39 Å². The number of nitrogens with two attached hydrogens (primary N) is 1. The summed E-state index contributed by atoms with van der Waals surface area (Å²) in [6.07, 6.45) is 2.60. The van der Waals surface area contributed by atoms with Crippen LogP contribution in [0.3, 0.4) is 0 Å². The highest BCUT2D eigenvalue weighted by atomic mass is 32.1. The molecule has 0 amide bonds. The highest BCUT2D eigenvalue weighted by molar-refractivity contribution is 7.80. The maximum atomic E-state index is 13.3. The molecule has 0 aliphatic heterocycles. The Hall–Kier alpha value is -1.00. The first-order chi connectivity index (χ1) is 8.49. The number of thiocarbonyl (C=S) groups is 1. The molecule has 1 aromatic carbocycles. The summed E-state index contributed by atoms with van der Waals surface area (Å²) in [5.41, 5.74) is 7.33. The van der Waals surface area contributed by atoms with Gasteiger partial charge in [-0.3, -0.25) is 4.90 Å². The van der Waals surface area contributed by atoms with Crippen molar-refractivity contribution in [2.45, 2.75) is 32.4 Å². The van der Waals surface area contributed by atoms with Crippen LogP contribution in [0, 0.1) is 11.7 Å². The SMILES string of the molecule is CC(C1CC1)N(C)Cc1cc(F)ccc1C(N)=S. The molecule has 2 rings (SSSR count). The average Bonchev–Trinajstić information content (AvgIpc) is 3.11. The summed E-state index contributed by atoms with van der Waals surface area (Å²) in [6.45, 7) is 2.90. The van der Waals surface area contributed by atoms with Crippen molar-refractivity contribution < 1.29 is 4.39 Å². The van der Waals surface area contributed by atoms with Crippen molar-refractivity contribution in [3.05, 3.63) is 35.1 Å². The maximum Gasteiger partial charge on any atom is 0.123 e. The summed E-state index contributed by atoms with van der Waals surface area (Å²) >= 11 is 5.01. The van der Waals surface area contributed by atoms with E-state index in [2.05, 4.69) is 18.9 Å². The van der Waals surface area contributed by atoms with E-state index in [4.69, 9.17) is 18.0 Å². The van der Waals surface area contributed by atoms with Crippen LogP contribution >= 0.6 is 12.2 Å². The molecule has 2 N–H and O–H groups in total. The first kappa shape index (κ1) is 13.4. The van der Waals surface area contributed by atoms with Crippen LogP contribution in [-0.4, -0.2) is 23.0 Å². The number of benzene rings is 1. The summed E-state index contributed by atoms with van der Waals surface area (Å²) in [7, 11) is 2.07. The van der Waals surface area contributed by atoms with Gasteiger partial charge in [0.05, 0.1) is 0 Å². The summed E-state index contributed by atoms with van der Waals surface area (Å²) in [5, 5.41) is 0. The molecule has 0 bridgehead atoms. The topological polar surface area (TPSA) is 29.3 Å². The van der Waals surface area contributed by atoms with Gasteiger partial charge in [0.2, 0.25) is 0 Å². The smallest absolute Gasteiger partial charge is 0.123 e. The van der Waals surface area contributed by atoms with Crippen LogP contribution in [0.25, 0.3) is 0 Å². The molecule has 0 aromatic heterocycles. The molecule has 1 unspecified atom stereocenters. The summed E-state index contributed by atoms with van der Waals surface area (Å²) in [6, 6.07) is 5.13. The van der Waals surface area contributed by atoms with E-state index in [1.54, 1.807) is 6.07 Å². The number of nitrogens with zero attached hydrogens (tertiary/aromatic N) is 1. The van der Waals surface area contributed by atoms with E-state index in [-0.39, 0.29) is 5.82 Å². The molecule has 1 aliphatic carbocycles. The standard InChI is InChI=1S/C14H19FN2S/c1-9(10-3-4-10)17(2)8-11-7-12(15)5-6-13(11)14(16)18/h5-7,9-10H,3-4,8H2,1-2H3,(H2,16,18). The Morgan fingerprint density at radius 3 is 2.78 bits per heavy atom. The van der Waals surface area contributed by atoms with E-state index < -0.39 is 0 Å². The molecule has 2 nitrogen and oxygen atoms in total. The monoisotopic (exact) mass is 266 g/mol. The molecule has 4 heteroatoms. The van der Waals surface area contributed by atoms with E-state index in [0.717, 1.165) is 17.0 Å². The van der Waals surface area contributed by atoms with Gasteiger partial charge in [0.25, 0.3) is 0 Å². The number of halogens is 1. The lowest BCUT2D eigenvalue weighted by Gasteiger charge is -2.25. The van der Waals surface area contributed by atoms with Crippen molar-refractivity contribution in [3.8, 4) is 0 Å². The lowest BCUT2D eigenvalue weighted by atomic mass is 10.1. The Kier molecular flexibility index (Phi) is 3.97. The second-order valence-electron chi connectivity index (χ2n) is 5.16. The van der Waals surface area contributed by atoms with Crippen LogP contribution in [0.1, 0.15) is 30.9 Å². The van der Waals surface area contributed by atoms with Gasteiger partial charge in [-0.2, -0.15) is 0 Å². The highest BCUT2D eigenvalue weighted by Crippen LogP contribution is 2.35. The van der Waals surface area contributed by atoms with E-state index in [9.17, 15) is 4.39 Å². The van der Waals surface area contributed by atoms with Crippen molar-refractivity contribution in [1.29, 1.82) is 0 Å². The Morgan fingerprint density at radius 1 is 1.56 bits per heavy atom. The molecule has 0 radical (unpaired) electrons. The number of rotatable bonds is 5. The molecule has 1 aromatic rings. The van der Waals surface area contributed by atoms with Gasteiger partial charge in [-0.15, -0.1) is 0 Å². The molecule has 1 atom stereocenters. The van der Waals surface area contributed by atoms with Gasteiger partial charge in [0, 0.05) is 18.2 Å². The van der Waals surface area contributed by atoms with Crippen molar-refractivity contribution in [3.63, 3.8) is 0 Å². The molecule has 18 heavy (non-hydrogen) atoms. The fourth-order valence-electron chi connectivity index (χ4n) is 2.28. The zero-order valence-electron chi connectivity index (χ0n) is 10.8. The van der Waals surface area contributed by atoms with Gasteiger partial charge in [-0.05, 0) is 56.5 Å². The van der Waals surface area contributed by atoms with Crippen LogP contribution in [-0.2, 0) is 6.54 Å². The molecular formula is C14H19FN2S. The lowest BCUT2D eigenvalue weighted by molar-refractivity contribution is 0.226. The van der Waals surface area contributed by atoms with Crippen LogP contribution in [0.5, 0.6) is 0 Å². The first-order valence-corrected chi connectivity index (χ1v) is 6.68. The van der Waals surface area contributed by atoms with Crippen LogP contribution in [0.2, 0.25) is 0 Å². The van der Waals surface area contributed by atoms with Gasteiger partial charge in [-0.1, -0.05) is 12.2 Å². The first-order valence-electron chi connectivity index (χ1n) is 6.27. The van der Waals surface area contributed by atoms with E-state index in [0.29, 0.717) is 17.6 Å². The number of hydrogen-bond donors (Lipinski definition) is 1. The third kappa shape index (κ3) is 3.06. The molecular weight excluding hydrogens is 247 g/mol. The second kappa shape index (κ2) is 5.33. The minimum Gasteiger partial charge on any atom is -0.389 e. The molecule has 0 spiro atoms. The largest absolute Gasteiger partial charge is 0.389 e. The fraction of sp³-hybridized carbons (Fsp3) is 0.500. The Bertz CT molecular complexity index is 457. The van der Waals surface area contributed by atoms with Crippen molar-refractivity contribution >= 4 is 17.2 Å². The summed E-state index contributed by atoms with van der Waals surface area (Å²) in [4.78, 5) is 2.58. The molecule has 1 saturated carbocycles. The van der Waals surface area contributed by atoms with Crippen LogP contribution < -0.4 is 5.73 Å². The summed E-state index contributed by atoms with van der Waals surface area (Å²) < 4.78 is 13.3.